The maximum Gasteiger partial charge on any atom is 0.270 e. The fraction of sp³-hybridized carbons (Fsp3) is 0.385. The number of hydrogen-bond acceptors (Lipinski definition) is 9. The molecule has 2 N–H and O–H groups in total. The molecule has 1 saturated heterocycles. The standard InChI is InChI=1S/C26H31N7O3/c1-16-15-33(19-6-8-20(35-4)9-7-19)17(2)14-31(16)11-12-32-22(34)13-28-24-23(21-10-5-18(3)36-21)29-26(27)30-25(24)32/h5-10,13,16-17H,11-12,14-15H2,1-4H3,(H2,27,29,30)/t16-,17+/m0/s1. The van der Waals surface area contributed by atoms with Crippen molar-refractivity contribution < 1.29 is 9.15 Å². The lowest BCUT2D eigenvalue weighted by molar-refractivity contribution is 0.160. The zero-order valence-electron chi connectivity index (χ0n) is 21.0. The number of aryl methyl sites for hydroxylation is 1. The van der Waals surface area contributed by atoms with Crippen LogP contribution in [-0.4, -0.2) is 63.2 Å². The summed E-state index contributed by atoms with van der Waals surface area (Å²) < 4.78 is 12.7. The van der Waals surface area contributed by atoms with Crippen LogP contribution >= 0.6 is 0 Å². The molecule has 5 rings (SSSR count). The molecule has 0 radical (unpaired) electrons. The smallest absolute Gasteiger partial charge is 0.270 e. The van der Waals surface area contributed by atoms with Crippen LogP contribution in [0.2, 0.25) is 0 Å². The average Bonchev–Trinajstić information content (AvgIpc) is 3.30. The highest BCUT2D eigenvalue weighted by atomic mass is 16.5. The molecule has 10 heteroatoms. The van der Waals surface area contributed by atoms with Crippen molar-refractivity contribution in [3.05, 3.63) is 58.7 Å². The normalized spacial score (nSPS) is 18.6. The Kier molecular flexibility index (Phi) is 6.36. The molecular formula is C26H31N7O3. The number of ether oxygens (including phenoxy) is 1. The van der Waals surface area contributed by atoms with Crippen LogP contribution in [0.15, 0.2) is 51.8 Å². The van der Waals surface area contributed by atoms with Crippen LogP contribution in [0.25, 0.3) is 22.6 Å². The summed E-state index contributed by atoms with van der Waals surface area (Å²) in [4.78, 5) is 30.7. The summed E-state index contributed by atoms with van der Waals surface area (Å²) in [5.74, 6) is 2.22. The Morgan fingerprint density at radius 1 is 1.06 bits per heavy atom. The van der Waals surface area contributed by atoms with Crippen LogP contribution in [0, 0.1) is 6.92 Å². The van der Waals surface area contributed by atoms with Crippen LogP contribution in [0.5, 0.6) is 5.75 Å². The molecule has 10 nitrogen and oxygen atoms in total. The number of anilines is 2. The number of nitrogen functional groups attached to an aromatic ring is 1. The minimum Gasteiger partial charge on any atom is -0.497 e. The molecule has 0 spiro atoms. The highest BCUT2D eigenvalue weighted by Gasteiger charge is 2.29. The molecule has 0 saturated carbocycles. The second-order valence-corrected chi connectivity index (χ2v) is 9.30. The van der Waals surface area contributed by atoms with Gasteiger partial charge in [-0.15, -0.1) is 0 Å². The Morgan fingerprint density at radius 2 is 1.83 bits per heavy atom. The average molecular weight is 490 g/mol. The van der Waals surface area contributed by atoms with E-state index in [0.717, 1.165) is 24.6 Å². The van der Waals surface area contributed by atoms with Gasteiger partial charge in [0.05, 0.1) is 13.3 Å². The molecule has 188 valence electrons. The second kappa shape index (κ2) is 9.62. The first kappa shape index (κ1) is 23.8. The third-order valence-corrected chi connectivity index (χ3v) is 6.81. The lowest BCUT2D eigenvalue weighted by Gasteiger charge is -2.45. The summed E-state index contributed by atoms with van der Waals surface area (Å²) in [7, 11) is 1.68. The molecule has 0 amide bonds. The Balaban J connectivity index is 1.37. The summed E-state index contributed by atoms with van der Waals surface area (Å²) in [5.41, 5.74) is 8.37. The SMILES string of the molecule is COc1ccc(N2C[C@H](C)N(CCn3c(=O)cnc4c(-c5ccc(C)o5)nc(N)nc43)C[C@H]2C)cc1. The number of nitrogens with two attached hydrogens (primary N) is 1. The van der Waals surface area contributed by atoms with Crippen molar-refractivity contribution >= 4 is 22.8 Å². The third kappa shape index (κ3) is 4.51. The second-order valence-electron chi connectivity index (χ2n) is 9.30. The molecule has 0 unspecified atom stereocenters. The van der Waals surface area contributed by atoms with E-state index in [1.807, 2.05) is 31.2 Å². The van der Waals surface area contributed by atoms with Crippen molar-refractivity contribution in [2.24, 2.45) is 0 Å². The van der Waals surface area contributed by atoms with Crippen molar-refractivity contribution in [3.8, 4) is 17.2 Å². The highest BCUT2D eigenvalue weighted by molar-refractivity contribution is 5.86. The quantitative estimate of drug-likeness (QED) is 0.436. The summed E-state index contributed by atoms with van der Waals surface area (Å²) in [5, 5.41) is 0. The lowest BCUT2D eigenvalue weighted by Crippen LogP contribution is -2.57. The summed E-state index contributed by atoms with van der Waals surface area (Å²) in [6, 6.07) is 12.5. The van der Waals surface area contributed by atoms with E-state index in [-0.39, 0.29) is 11.5 Å². The van der Waals surface area contributed by atoms with E-state index in [4.69, 9.17) is 14.9 Å². The zero-order valence-corrected chi connectivity index (χ0v) is 21.0. The first-order valence-corrected chi connectivity index (χ1v) is 12.1. The van der Waals surface area contributed by atoms with Crippen molar-refractivity contribution in [3.63, 3.8) is 0 Å². The number of fused-ring (bicyclic) bond motifs is 1. The van der Waals surface area contributed by atoms with E-state index >= 15 is 0 Å². The topological polar surface area (TPSA) is 116 Å². The van der Waals surface area contributed by atoms with Crippen molar-refractivity contribution in [1.82, 2.24) is 24.4 Å². The Morgan fingerprint density at radius 3 is 2.53 bits per heavy atom. The monoisotopic (exact) mass is 489 g/mol. The molecule has 0 bridgehead atoms. The fourth-order valence-electron chi connectivity index (χ4n) is 4.88. The van der Waals surface area contributed by atoms with Crippen LogP contribution in [0.1, 0.15) is 19.6 Å². The summed E-state index contributed by atoms with van der Waals surface area (Å²) in [6.45, 7) is 9.21. The van der Waals surface area contributed by atoms with Crippen LogP contribution < -0.4 is 20.9 Å². The van der Waals surface area contributed by atoms with Gasteiger partial charge in [0.25, 0.3) is 5.56 Å². The lowest BCUT2D eigenvalue weighted by atomic mass is 10.1. The molecule has 1 aliphatic heterocycles. The van der Waals surface area contributed by atoms with E-state index in [2.05, 4.69) is 50.7 Å². The number of furan rings is 1. The van der Waals surface area contributed by atoms with E-state index in [1.165, 1.54) is 11.9 Å². The molecular weight excluding hydrogens is 458 g/mol. The van der Waals surface area contributed by atoms with Gasteiger partial charge in [-0.3, -0.25) is 14.3 Å². The minimum atomic E-state index is -0.222. The Labute approximate surface area is 209 Å². The van der Waals surface area contributed by atoms with Gasteiger partial charge in [0.15, 0.2) is 11.4 Å². The van der Waals surface area contributed by atoms with Gasteiger partial charge in [0.1, 0.15) is 22.7 Å². The Bertz CT molecular complexity index is 1430. The largest absolute Gasteiger partial charge is 0.497 e. The Hall–Kier alpha value is -3.92. The van der Waals surface area contributed by atoms with Crippen LogP contribution in [-0.2, 0) is 6.54 Å². The highest BCUT2D eigenvalue weighted by Crippen LogP contribution is 2.27. The van der Waals surface area contributed by atoms with Crippen LogP contribution in [0.4, 0.5) is 11.6 Å². The van der Waals surface area contributed by atoms with Gasteiger partial charge in [-0.25, -0.2) is 9.97 Å². The van der Waals surface area contributed by atoms with Crippen molar-refractivity contribution in [1.29, 1.82) is 0 Å². The summed E-state index contributed by atoms with van der Waals surface area (Å²) in [6.07, 6.45) is 1.31. The number of piperazine rings is 1. The van der Waals surface area contributed by atoms with E-state index in [1.54, 1.807) is 11.7 Å². The zero-order chi connectivity index (χ0) is 25.4. The molecule has 4 heterocycles. The molecule has 4 aromatic rings. The maximum atomic E-state index is 12.8. The third-order valence-electron chi connectivity index (χ3n) is 6.81. The molecule has 1 aliphatic rings. The predicted molar refractivity (Wildman–Crippen MR) is 139 cm³/mol. The van der Waals surface area contributed by atoms with E-state index in [9.17, 15) is 4.79 Å². The van der Waals surface area contributed by atoms with Gasteiger partial charge in [-0.2, -0.15) is 4.98 Å². The molecule has 36 heavy (non-hydrogen) atoms. The molecule has 0 aliphatic carbocycles. The fourth-order valence-corrected chi connectivity index (χ4v) is 4.88. The number of aromatic nitrogens is 4. The van der Waals surface area contributed by atoms with Crippen molar-refractivity contribution in [2.75, 3.05) is 37.4 Å². The first-order chi connectivity index (χ1) is 17.3. The van der Waals surface area contributed by atoms with Crippen molar-refractivity contribution in [2.45, 2.75) is 39.4 Å². The van der Waals surface area contributed by atoms with Gasteiger partial charge in [0.2, 0.25) is 5.95 Å². The van der Waals surface area contributed by atoms with Gasteiger partial charge in [-0.05, 0) is 57.2 Å². The number of benzene rings is 1. The molecule has 1 aromatic carbocycles. The molecule has 3 aromatic heterocycles. The number of methoxy groups -OCH3 is 1. The molecule has 1 fully saturated rings. The number of nitrogens with zero attached hydrogens (tertiary/aromatic N) is 6. The van der Waals surface area contributed by atoms with Gasteiger partial charge in [0, 0.05) is 44.0 Å². The van der Waals surface area contributed by atoms with Gasteiger partial charge >= 0.3 is 0 Å². The van der Waals surface area contributed by atoms with E-state index < -0.39 is 0 Å². The summed E-state index contributed by atoms with van der Waals surface area (Å²) >= 11 is 0. The predicted octanol–water partition coefficient (Wildman–Crippen LogP) is 2.94. The van der Waals surface area contributed by atoms with E-state index in [0.29, 0.717) is 47.8 Å². The number of rotatable bonds is 6. The molecule has 2 atom stereocenters. The van der Waals surface area contributed by atoms with Gasteiger partial charge in [-0.1, -0.05) is 0 Å². The van der Waals surface area contributed by atoms with Crippen LogP contribution in [0.3, 0.4) is 0 Å². The number of hydrogen-bond donors (Lipinski definition) is 1. The maximum absolute atomic E-state index is 12.8. The minimum absolute atomic E-state index is 0.0720. The first-order valence-electron chi connectivity index (χ1n) is 12.1. The van der Waals surface area contributed by atoms with Gasteiger partial charge < -0.3 is 19.8 Å².